The van der Waals surface area contributed by atoms with Gasteiger partial charge in [-0.15, -0.1) is 0 Å². The molecule has 0 aliphatic heterocycles. The highest BCUT2D eigenvalue weighted by atomic mass is 15.3. The van der Waals surface area contributed by atoms with Crippen molar-refractivity contribution in [1.29, 1.82) is 5.26 Å². The molecule has 1 atom stereocenters. The third kappa shape index (κ3) is 2.93. The summed E-state index contributed by atoms with van der Waals surface area (Å²) in [5, 5.41) is 18.3. The summed E-state index contributed by atoms with van der Waals surface area (Å²) >= 11 is 0. The molecule has 5 N–H and O–H groups in total. The minimum absolute atomic E-state index is 0.00283. The molecule has 28 heavy (non-hydrogen) atoms. The van der Waals surface area contributed by atoms with Gasteiger partial charge >= 0.3 is 0 Å². The molecule has 3 aromatic heterocycles. The summed E-state index contributed by atoms with van der Waals surface area (Å²) in [6.07, 6.45) is 3.47. The van der Waals surface area contributed by atoms with Crippen LogP contribution in [-0.2, 0) is 0 Å². The van der Waals surface area contributed by atoms with Crippen molar-refractivity contribution < 1.29 is 0 Å². The molecule has 9 heteroatoms. The number of anilines is 3. The van der Waals surface area contributed by atoms with Gasteiger partial charge in [-0.2, -0.15) is 20.3 Å². The predicted octanol–water partition coefficient (Wildman–Crippen LogP) is 2.42. The molecule has 1 aromatic carbocycles. The van der Waals surface area contributed by atoms with Crippen molar-refractivity contribution in [3.8, 4) is 11.8 Å². The van der Waals surface area contributed by atoms with Gasteiger partial charge in [-0.25, -0.2) is 4.68 Å². The maximum Gasteiger partial charge on any atom is 0.224 e. The zero-order valence-corrected chi connectivity index (χ0v) is 15.0. The van der Waals surface area contributed by atoms with Gasteiger partial charge in [-0.1, -0.05) is 18.2 Å². The Hall–Kier alpha value is -4.19. The molecule has 0 saturated heterocycles. The Morgan fingerprint density at radius 2 is 1.96 bits per heavy atom. The lowest BCUT2D eigenvalue weighted by Gasteiger charge is -2.15. The zero-order chi connectivity index (χ0) is 19.7. The molecule has 4 rings (SSSR count). The number of nitriles is 1. The summed E-state index contributed by atoms with van der Waals surface area (Å²) in [7, 11) is 0. The third-order valence-corrected chi connectivity index (χ3v) is 4.34. The molecule has 9 nitrogen and oxygen atoms in total. The van der Waals surface area contributed by atoms with E-state index in [9.17, 15) is 5.26 Å². The second kappa shape index (κ2) is 6.85. The number of nitrogen functional groups attached to an aromatic ring is 2. The molecule has 0 aliphatic rings. The van der Waals surface area contributed by atoms with Gasteiger partial charge in [-0.05, 0) is 25.1 Å². The van der Waals surface area contributed by atoms with Gasteiger partial charge in [-0.3, -0.25) is 4.98 Å². The van der Waals surface area contributed by atoms with Crippen molar-refractivity contribution in [2.75, 3.05) is 16.8 Å². The summed E-state index contributed by atoms with van der Waals surface area (Å²) in [6.45, 7) is 1.93. The van der Waals surface area contributed by atoms with Crippen molar-refractivity contribution in [3.05, 3.63) is 60.0 Å². The Bertz CT molecular complexity index is 1190. The van der Waals surface area contributed by atoms with Crippen LogP contribution >= 0.6 is 0 Å². The molecule has 138 valence electrons. The molecule has 0 unspecified atom stereocenters. The Labute approximate surface area is 160 Å². The van der Waals surface area contributed by atoms with Crippen molar-refractivity contribution >= 4 is 28.5 Å². The van der Waals surface area contributed by atoms with Gasteiger partial charge in [0.2, 0.25) is 5.95 Å². The van der Waals surface area contributed by atoms with E-state index in [0.717, 1.165) is 22.3 Å². The van der Waals surface area contributed by atoms with Gasteiger partial charge in [0.25, 0.3) is 0 Å². The van der Waals surface area contributed by atoms with Gasteiger partial charge in [0.15, 0.2) is 5.82 Å². The van der Waals surface area contributed by atoms with Gasteiger partial charge in [0.05, 0.1) is 29.1 Å². The Morgan fingerprint density at radius 3 is 2.71 bits per heavy atom. The van der Waals surface area contributed by atoms with Crippen molar-refractivity contribution in [2.24, 2.45) is 0 Å². The van der Waals surface area contributed by atoms with E-state index in [1.54, 1.807) is 12.4 Å². The molecule has 0 saturated carbocycles. The first-order valence-electron chi connectivity index (χ1n) is 8.56. The highest BCUT2D eigenvalue weighted by Gasteiger charge is 2.20. The monoisotopic (exact) mass is 371 g/mol. The smallest absolute Gasteiger partial charge is 0.224 e. The first-order valence-corrected chi connectivity index (χ1v) is 8.56. The molecule has 0 amide bonds. The Morgan fingerprint density at radius 1 is 1.14 bits per heavy atom. The van der Waals surface area contributed by atoms with Gasteiger partial charge < -0.3 is 16.8 Å². The lowest BCUT2D eigenvalue weighted by atomic mass is 10.1. The number of nitrogens with two attached hydrogens (primary N) is 2. The average molecular weight is 371 g/mol. The van der Waals surface area contributed by atoms with Crippen LogP contribution in [0.4, 0.5) is 17.6 Å². The minimum Gasteiger partial charge on any atom is -0.382 e. The van der Waals surface area contributed by atoms with Crippen LogP contribution in [0.3, 0.4) is 0 Å². The van der Waals surface area contributed by atoms with Crippen LogP contribution < -0.4 is 16.8 Å². The van der Waals surface area contributed by atoms with Crippen LogP contribution in [0.2, 0.25) is 0 Å². The predicted molar refractivity (Wildman–Crippen MR) is 106 cm³/mol. The summed E-state index contributed by atoms with van der Waals surface area (Å²) in [5.41, 5.74) is 14.2. The summed E-state index contributed by atoms with van der Waals surface area (Å²) in [6, 6.07) is 13.4. The number of benzene rings is 1. The van der Waals surface area contributed by atoms with Crippen LogP contribution in [0.5, 0.6) is 0 Å². The lowest BCUT2D eigenvalue weighted by molar-refractivity contribution is 0.783. The molecular formula is C19H17N9. The molecule has 0 fully saturated rings. The molecular weight excluding hydrogens is 354 g/mol. The zero-order valence-electron chi connectivity index (χ0n) is 15.0. The minimum atomic E-state index is -0.274. The lowest BCUT2D eigenvalue weighted by Crippen LogP contribution is -2.14. The standard InChI is InChI=1S/C19H17N9/c1-11(24-18-14(9-20)17(21)25-19(22)26-18)16-13-6-2-3-7-15(13)28(27-16)12-5-4-8-23-10-12/h2-8,10-11H,1H3,(H5,21,22,24,25,26)/t11-/m0/s1. The Kier molecular flexibility index (Phi) is 4.21. The van der Waals surface area contributed by atoms with E-state index < -0.39 is 0 Å². The van der Waals surface area contributed by atoms with E-state index in [4.69, 9.17) is 16.6 Å². The average Bonchev–Trinajstić information content (AvgIpc) is 3.08. The van der Waals surface area contributed by atoms with Crippen molar-refractivity contribution in [3.63, 3.8) is 0 Å². The van der Waals surface area contributed by atoms with Gasteiger partial charge in [0.1, 0.15) is 17.5 Å². The van der Waals surface area contributed by atoms with Crippen LogP contribution in [0, 0.1) is 11.3 Å². The molecule has 0 aliphatic carbocycles. The Balaban J connectivity index is 1.79. The number of rotatable bonds is 4. The van der Waals surface area contributed by atoms with E-state index in [1.807, 2.05) is 54.1 Å². The number of nitrogens with one attached hydrogen (secondary N) is 1. The second-order valence-electron chi connectivity index (χ2n) is 6.19. The van der Waals surface area contributed by atoms with Crippen LogP contribution in [0.15, 0.2) is 48.8 Å². The van der Waals surface area contributed by atoms with Crippen LogP contribution in [0.25, 0.3) is 16.6 Å². The van der Waals surface area contributed by atoms with E-state index >= 15 is 0 Å². The number of pyridine rings is 1. The van der Waals surface area contributed by atoms with E-state index in [2.05, 4.69) is 20.3 Å². The first kappa shape index (κ1) is 17.2. The largest absolute Gasteiger partial charge is 0.382 e. The summed E-state index contributed by atoms with van der Waals surface area (Å²) in [5.74, 6) is 0.312. The summed E-state index contributed by atoms with van der Waals surface area (Å²) in [4.78, 5) is 12.1. The number of fused-ring (bicyclic) bond motifs is 1. The SMILES string of the molecule is C[C@H](Nc1nc(N)nc(N)c1C#N)c1nn(-c2cccnc2)c2ccccc12. The number of nitrogens with zero attached hydrogens (tertiary/aromatic N) is 6. The second-order valence-corrected chi connectivity index (χ2v) is 6.19. The molecule has 4 aromatic rings. The van der Waals surface area contributed by atoms with Crippen LogP contribution in [-0.4, -0.2) is 24.7 Å². The molecule has 0 radical (unpaired) electrons. The fourth-order valence-electron chi connectivity index (χ4n) is 3.07. The normalized spacial score (nSPS) is 11.9. The van der Waals surface area contributed by atoms with E-state index in [0.29, 0.717) is 0 Å². The maximum absolute atomic E-state index is 9.38. The number of hydrogen-bond donors (Lipinski definition) is 3. The first-order chi connectivity index (χ1) is 13.6. The fraction of sp³-hybridized carbons (Fsp3) is 0.105. The molecule has 3 heterocycles. The quantitative estimate of drug-likeness (QED) is 0.496. The molecule has 0 bridgehead atoms. The highest BCUT2D eigenvalue weighted by Crippen LogP contribution is 2.29. The fourth-order valence-corrected chi connectivity index (χ4v) is 3.07. The number of aromatic nitrogens is 5. The maximum atomic E-state index is 9.38. The topological polar surface area (TPSA) is 144 Å². The van der Waals surface area contributed by atoms with Gasteiger partial charge in [0, 0.05) is 11.6 Å². The summed E-state index contributed by atoms with van der Waals surface area (Å²) < 4.78 is 1.84. The molecule has 0 spiro atoms. The third-order valence-electron chi connectivity index (χ3n) is 4.34. The van der Waals surface area contributed by atoms with E-state index in [-0.39, 0.29) is 29.2 Å². The van der Waals surface area contributed by atoms with Crippen molar-refractivity contribution in [1.82, 2.24) is 24.7 Å². The highest BCUT2D eigenvalue weighted by molar-refractivity contribution is 5.84. The van der Waals surface area contributed by atoms with E-state index in [1.165, 1.54) is 0 Å². The van der Waals surface area contributed by atoms with Crippen molar-refractivity contribution in [2.45, 2.75) is 13.0 Å². The van der Waals surface area contributed by atoms with Crippen LogP contribution in [0.1, 0.15) is 24.2 Å². The number of para-hydroxylation sites is 1. The number of hydrogen-bond acceptors (Lipinski definition) is 8.